The number of hydrogen-bond donors (Lipinski definition) is 3. The van der Waals surface area contributed by atoms with E-state index in [1.54, 1.807) is 25.1 Å². The molecule has 2 aromatic carbocycles. The molecule has 0 fully saturated rings. The summed E-state index contributed by atoms with van der Waals surface area (Å²) in [7, 11) is -2.57. The monoisotopic (exact) mass is 617 g/mol. The Bertz CT molecular complexity index is 1510. The highest BCUT2D eigenvalue weighted by atomic mass is 32.2. The van der Waals surface area contributed by atoms with Gasteiger partial charge in [-0.05, 0) is 98.5 Å². The van der Waals surface area contributed by atoms with Crippen molar-refractivity contribution >= 4 is 16.0 Å². The molecule has 1 heterocycles. The van der Waals surface area contributed by atoms with E-state index in [2.05, 4.69) is 10.3 Å². The molecule has 0 aliphatic heterocycles. The summed E-state index contributed by atoms with van der Waals surface area (Å²) >= 11 is 0. The summed E-state index contributed by atoms with van der Waals surface area (Å²) in [5.41, 5.74) is 2.26. The zero-order valence-electron chi connectivity index (χ0n) is 25.1. The maximum Gasteiger partial charge on any atom is 0.303 e. The van der Waals surface area contributed by atoms with Crippen molar-refractivity contribution in [3.8, 4) is 11.1 Å². The van der Waals surface area contributed by atoms with Crippen LogP contribution in [-0.4, -0.2) is 65.7 Å². The van der Waals surface area contributed by atoms with Gasteiger partial charge in [-0.3, -0.25) is 4.79 Å². The first-order valence-electron chi connectivity index (χ1n) is 14.4. The number of carboxylic acids is 1. The van der Waals surface area contributed by atoms with Crippen molar-refractivity contribution in [1.29, 1.82) is 0 Å². The van der Waals surface area contributed by atoms with Gasteiger partial charge in [0.15, 0.2) is 0 Å². The Labute approximate surface area is 252 Å². The number of pyridine rings is 1. The molecule has 0 aliphatic carbocycles. The molecule has 0 aliphatic rings. The van der Waals surface area contributed by atoms with Gasteiger partial charge in [-0.15, -0.1) is 0 Å². The number of β-amino-alcohol motifs (C(OH)–C–C–N with tert-alkyl or cyclic N) is 1. The molecule has 3 N–H and O–H groups in total. The maximum absolute atomic E-state index is 14.9. The lowest BCUT2D eigenvalue weighted by atomic mass is 9.94. The lowest BCUT2D eigenvalue weighted by Crippen LogP contribution is -2.46. The minimum Gasteiger partial charge on any atom is -0.481 e. The molecule has 0 radical (unpaired) electrons. The lowest BCUT2D eigenvalue weighted by molar-refractivity contribution is -0.136. The molecule has 0 saturated carbocycles. The van der Waals surface area contributed by atoms with Crippen LogP contribution in [0.3, 0.4) is 0 Å². The van der Waals surface area contributed by atoms with Crippen LogP contribution >= 0.6 is 0 Å². The van der Waals surface area contributed by atoms with Crippen molar-refractivity contribution in [2.75, 3.05) is 20.1 Å². The number of aliphatic carboxylic acids is 1. The maximum atomic E-state index is 14.9. The van der Waals surface area contributed by atoms with Crippen molar-refractivity contribution in [2.24, 2.45) is 0 Å². The quantitative estimate of drug-likeness (QED) is 0.194. The molecule has 0 unspecified atom stereocenters. The van der Waals surface area contributed by atoms with Crippen molar-refractivity contribution in [3.63, 3.8) is 0 Å². The minimum atomic E-state index is -3.98. The lowest BCUT2D eigenvalue weighted by Gasteiger charge is -2.29. The molecule has 0 spiro atoms. The van der Waals surface area contributed by atoms with Gasteiger partial charge in [0.1, 0.15) is 5.82 Å². The number of nitrogens with zero attached hydrogens (tertiary/aromatic N) is 2. The van der Waals surface area contributed by atoms with Crippen LogP contribution in [0.5, 0.6) is 0 Å². The van der Waals surface area contributed by atoms with Crippen LogP contribution in [-0.2, 0) is 34.1 Å². The van der Waals surface area contributed by atoms with E-state index in [1.807, 2.05) is 13.8 Å². The summed E-state index contributed by atoms with van der Waals surface area (Å²) in [6.45, 7) is 5.81. The predicted octanol–water partition coefficient (Wildman–Crippen LogP) is 4.98. The van der Waals surface area contributed by atoms with Crippen LogP contribution in [0.4, 0.5) is 8.78 Å². The van der Waals surface area contributed by atoms with Crippen LogP contribution in [0, 0.1) is 11.8 Å². The molecule has 0 saturated heterocycles. The second-order valence-corrected chi connectivity index (χ2v) is 13.4. The van der Waals surface area contributed by atoms with Gasteiger partial charge in [0.2, 0.25) is 16.0 Å². The van der Waals surface area contributed by atoms with E-state index in [0.717, 1.165) is 22.7 Å². The number of benzene rings is 2. The molecule has 3 rings (SSSR count). The molecule has 11 heteroatoms. The summed E-state index contributed by atoms with van der Waals surface area (Å²) in [6.07, 6.45) is 3.04. The number of halogens is 2. The molecule has 0 amide bonds. The van der Waals surface area contributed by atoms with E-state index < -0.39 is 33.9 Å². The predicted molar refractivity (Wildman–Crippen MR) is 162 cm³/mol. The first-order valence-corrected chi connectivity index (χ1v) is 15.8. The molecule has 1 atom stereocenters. The number of aryl methyl sites for hydroxylation is 3. The molecule has 1 aromatic heterocycles. The zero-order chi connectivity index (χ0) is 31.8. The van der Waals surface area contributed by atoms with Gasteiger partial charge in [-0.2, -0.15) is 8.70 Å². The molecule has 234 valence electrons. The third kappa shape index (κ3) is 9.62. The van der Waals surface area contributed by atoms with Crippen LogP contribution in [0.15, 0.2) is 59.6 Å². The molecule has 0 bridgehead atoms. The number of aromatic nitrogens is 1. The van der Waals surface area contributed by atoms with Gasteiger partial charge in [0, 0.05) is 43.9 Å². The second kappa shape index (κ2) is 15.0. The van der Waals surface area contributed by atoms with Crippen molar-refractivity contribution in [1.82, 2.24) is 14.6 Å². The third-order valence-electron chi connectivity index (χ3n) is 7.47. The summed E-state index contributed by atoms with van der Waals surface area (Å²) in [4.78, 5) is 14.7. The largest absolute Gasteiger partial charge is 0.481 e. The van der Waals surface area contributed by atoms with Crippen molar-refractivity contribution < 1.29 is 32.2 Å². The van der Waals surface area contributed by atoms with Gasteiger partial charge in [0.05, 0.1) is 11.0 Å². The Hall–Kier alpha value is -3.25. The normalized spacial score (nSPS) is 12.9. The number of sulfonamides is 1. The van der Waals surface area contributed by atoms with E-state index in [-0.39, 0.29) is 41.9 Å². The fraction of sp³-hybridized carbons (Fsp3) is 0.438. The fourth-order valence-corrected chi connectivity index (χ4v) is 6.53. The summed E-state index contributed by atoms with van der Waals surface area (Å²) in [5.74, 6) is -2.01. The number of aliphatic hydroxyl groups excluding tert-OH is 1. The number of aliphatic hydroxyl groups is 1. The van der Waals surface area contributed by atoms with Crippen LogP contribution in [0.25, 0.3) is 11.1 Å². The van der Waals surface area contributed by atoms with Gasteiger partial charge in [-0.25, -0.2) is 17.8 Å². The van der Waals surface area contributed by atoms with Gasteiger partial charge in [0.25, 0.3) is 0 Å². The van der Waals surface area contributed by atoms with Crippen molar-refractivity contribution in [3.05, 3.63) is 83.2 Å². The molecule has 43 heavy (non-hydrogen) atoms. The Morgan fingerprint density at radius 1 is 1.09 bits per heavy atom. The number of carboxylic acid groups (broad SMARTS) is 1. The third-order valence-corrected chi connectivity index (χ3v) is 9.39. The standard InChI is InChI=1S/C32H41F2N3O5S/c1-5-23-19-25(31-24(12-14-30(39)40)9-6-10-27(31)33)11-13-28(23)43(41,42)37(4)21-26(38)20-36-32(2,3)16-7-8-22-15-17-35-29(34)18-22/h6,9-11,13,15,17-19,26,36,38H,5,7-8,12,14,16,20-21H2,1-4H3,(H,39,40)/t26-/m1/s1. The zero-order valence-corrected chi connectivity index (χ0v) is 25.9. The summed E-state index contributed by atoms with van der Waals surface area (Å²) in [5, 5.41) is 23.1. The highest BCUT2D eigenvalue weighted by molar-refractivity contribution is 7.89. The number of rotatable bonds is 16. The Morgan fingerprint density at radius 2 is 1.84 bits per heavy atom. The molecule has 8 nitrogen and oxygen atoms in total. The van der Waals surface area contributed by atoms with Crippen LogP contribution in [0.2, 0.25) is 0 Å². The Balaban J connectivity index is 1.66. The smallest absolute Gasteiger partial charge is 0.303 e. The second-order valence-electron chi connectivity index (χ2n) is 11.4. The molecular weight excluding hydrogens is 576 g/mol. The van der Waals surface area contributed by atoms with Gasteiger partial charge >= 0.3 is 5.97 Å². The fourth-order valence-electron chi connectivity index (χ4n) is 5.05. The number of hydrogen-bond acceptors (Lipinski definition) is 6. The average Bonchev–Trinajstić information content (AvgIpc) is 2.94. The number of nitrogens with one attached hydrogen (secondary N) is 1. The number of carbonyl (C=O) groups is 1. The first-order chi connectivity index (χ1) is 20.2. The minimum absolute atomic E-state index is 0.0673. The van der Waals surface area contributed by atoms with Gasteiger partial charge < -0.3 is 15.5 Å². The highest BCUT2D eigenvalue weighted by Crippen LogP contribution is 2.32. The summed E-state index contributed by atoms with van der Waals surface area (Å²) in [6, 6.07) is 12.3. The summed E-state index contributed by atoms with van der Waals surface area (Å²) < 4.78 is 56.4. The molecule has 3 aromatic rings. The van der Waals surface area contributed by atoms with Crippen LogP contribution < -0.4 is 5.32 Å². The SMILES string of the molecule is CCc1cc(-c2c(F)cccc2CCC(=O)O)ccc1S(=O)(=O)N(C)C[C@H](O)CNC(C)(C)CCCc1ccnc(F)c1. The Kier molecular flexibility index (Phi) is 11.9. The van der Waals surface area contributed by atoms with E-state index in [1.165, 1.54) is 43.6 Å². The van der Waals surface area contributed by atoms with Gasteiger partial charge in [-0.1, -0.05) is 25.1 Å². The van der Waals surface area contributed by atoms with Crippen LogP contribution in [0.1, 0.15) is 56.7 Å². The van der Waals surface area contributed by atoms with E-state index >= 15 is 0 Å². The topological polar surface area (TPSA) is 120 Å². The molecular formula is C32H41F2N3O5S. The number of likely N-dealkylation sites (N-methyl/N-ethyl adjacent to an activating group) is 1. The Morgan fingerprint density at radius 3 is 2.51 bits per heavy atom. The van der Waals surface area contributed by atoms with E-state index in [0.29, 0.717) is 29.5 Å². The van der Waals surface area contributed by atoms with E-state index in [4.69, 9.17) is 5.11 Å². The highest BCUT2D eigenvalue weighted by Gasteiger charge is 2.27. The average molecular weight is 618 g/mol. The van der Waals surface area contributed by atoms with Crippen molar-refractivity contribution in [2.45, 2.75) is 75.8 Å². The first kappa shape index (κ1) is 34.2. The van der Waals surface area contributed by atoms with E-state index in [9.17, 15) is 27.1 Å².